The van der Waals surface area contributed by atoms with Crippen molar-refractivity contribution in [1.82, 2.24) is 15.1 Å². The van der Waals surface area contributed by atoms with Gasteiger partial charge in [0, 0.05) is 31.4 Å². The summed E-state index contributed by atoms with van der Waals surface area (Å²) in [6.45, 7) is 2.11. The topological polar surface area (TPSA) is 48.3 Å². The molecule has 1 saturated carbocycles. The molecule has 1 aliphatic heterocycles. The number of nitrogens with one attached hydrogen (secondary N) is 1. The van der Waals surface area contributed by atoms with E-state index in [9.17, 15) is 0 Å². The highest BCUT2D eigenvalue weighted by atomic mass is 16.6. The van der Waals surface area contributed by atoms with Crippen LogP contribution in [0.4, 0.5) is 0 Å². The molecule has 1 aromatic heterocycles. The molecule has 0 bridgehead atoms. The van der Waals surface area contributed by atoms with Crippen LogP contribution in [0.2, 0.25) is 0 Å². The van der Waals surface area contributed by atoms with Gasteiger partial charge >= 0.3 is 0 Å². The Kier molecular flexibility index (Phi) is 3.50. The highest BCUT2D eigenvalue weighted by Crippen LogP contribution is 2.43. The first-order chi connectivity index (χ1) is 10.8. The fraction of sp³-hybridized carbons (Fsp3) is 0.471. The van der Waals surface area contributed by atoms with Gasteiger partial charge in [-0.3, -0.25) is 4.68 Å². The van der Waals surface area contributed by atoms with Gasteiger partial charge in [-0.15, -0.1) is 0 Å². The molecular weight excluding hydrogens is 278 g/mol. The number of aromatic nitrogens is 2. The lowest BCUT2D eigenvalue weighted by Gasteiger charge is -2.23. The molecule has 5 heteroatoms. The van der Waals surface area contributed by atoms with E-state index in [0.717, 1.165) is 24.0 Å². The van der Waals surface area contributed by atoms with E-state index in [1.807, 2.05) is 24.0 Å². The van der Waals surface area contributed by atoms with Gasteiger partial charge in [0.1, 0.15) is 13.2 Å². The summed E-state index contributed by atoms with van der Waals surface area (Å²) in [5.41, 5.74) is 2.50. The van der Waals surface area contributed by atoms with Gasteiger partial charge in [-0.1, -0.05) is 6.07 Å². The van der Waals surface area contributed by atoms with Crippen LogP contribution in [0, 0.1) is 5.92 Å². The Bertz CT molecular complexity index is 664. The Morgan fingerprint density at radius 3 is 2.82 bits per heavy atom. The number of hydrogen-bond acceptors (Lipinski definition) is 4. The summed E-state index contributed by atoms with van der Waals surface area (Å²) >= 11 is 0. The first-order valence-corrected chi connectivity index (χ1v) is 7.90. The van der Waals surface area contributed by atoms with E-state index in [0.29, 0.717) is 19.3 Å². The molecule has 0 saturated heterocycles. The van der Waals surface area contributed by atoms with Crippen molar-refractivity contribution in [1.29, 1.82) is 0 Å². The van der Waals surface area contributed by atoms with Crippen molar-refractivity contribution < 1.29 is 9.47 Å². The number of aryl methyl sites for hydroxylation is 1. The van der Waals surface area contributed by atoms with Crippen molar-refractivity contribution in [3.8, 4) is 11.5 Å². The van der Waals surface area contributed by atoms with E-state index in [4.69, 9.17) is 9.47 Å². The van der Waals surface area contributed by atoms with Crippen molar-refractivity contribution in [3.63, 3.8) is 0 Å². The predicted molar refractivity (Wildman–Crippen MR) is 82.9 cm³/mol. The molecular formula is C17H21N3O2. The SMILES string of the molecule is Cn1cc(CNC(c2ccc3c(c2)OCCO3)C2CC2)cn1. The summed E-state index contributed by atoms with van der Waals surface area (Å²) in [7, 11) is 1.95. The molecule has 0 amide bonds. The maximum atomic E-state index is 5.71. The summed E-state index contributed by atoms with van der Waals surface area (Å²) in [6.07, 6.45) is 6.56. The second-order valence-electron chi connectivity index (χ2n) is 6.12. The summed E-state index contributed by atoms with van der Waals surface area (Å²) in [6, 6.07) is 6.70. The molecule has 116 valence electrons. The molecule has 0 spiro atoms. The molecule has 1 aliphatic carbocycles. The van der Waals surface area contributed by atoms with E-state index in [2.05, 4.69) is 28.7 Å². The Hall–Kier alpha value is -2.01. The standard InChI is InChI=1S/C17H21N3O2/c1-20-11-12(10-19-20)9-18-17(13-2-3-13)14-4-5-15-16(8-14)22-7-6-21-15/h4-5,8,10-11,13,17-18H,2-3,6-7,9H2,1H3. The van der Waals surface area contributed by atoms with Crippen LogP contribution in [-0.2, 0) is 13.6 Å². The quantitative estimate of drug-likeness (QED) is 0.921. The Morgan fingerprint density at radius 1 is 1.27 bits per heavy atom. The first-order valence-electron chi connectivity index (χ1n) is 7.90. The third kappa shape index (κ3) is 2.81. The van der Waals surface area contributed by atoms with Gasteiger partial charge in [-0.2, -0.15) is 5.10 Å². The molecule has 1 unspecified atom stereocenters. The molecule has 22 heavy (non-hydrogen) atoms. The van der Waals surface area contributed by atoms with Gasteiger partial charge < -0.3 is 14.8 Å². The minimum absolute atomic E-state index is 0.371. The fourth-order valence-electron chi connectivity index (χ4n) is 3.03. The van der Waals surface area contributed by atoms with Crippen molar-refractivity contribution in [3.05, 3.63) is 41.7 Å². The number of rotatable bonds is 5. The van der Waals surface area contributed by atoms with Crippen LogP contribution >= 0.6 is 0 Å². The maximum absolute atomic E-state index is 5.71. The minimum atomic E-state index is 0.371. The van der Waals surface area contributed by atoms with E-state index < -0.39 is 0 Å². The minimum Gasteiger partial charge on any atom is -0.486 e. The zero-order valence-electron chi connectivity index (χ0n) is 12.8. The Labute approximate surface area is 130 Å². The van der Waals surface area contributed by atoms with Crippen LogP contribution in [0.3, 0.4) is 0 Å². The molecule has 1 fully saturated rings. The van der Waals surface area contributed by atoms with E-state index in [1.165, 1.54) is 24.0 Å². The third-order valence-corrected chi connectivity index (χ3v) is 4.30. The average Bonchev–Trinajstić information content (AvgIpc) is 3.29. The molecule has 0 radical (unpaired) electrons. The average molecular weight is 299 g/mol. The third-order valence-electron chi connectivity index (χ3n) is 4.30. The van der Waals surface area contributed by atoms with Crippen LogP contribution in [-0.4, -0.2) is 23.0 Å². The number of benzene rings is 1. The molecule has 1 atom stereocenters. The summed E-state index contributed by atoms with van der Waals surface area (Å²) in [4.78, 5) is 0. The molecule has 1 aromatic carbocycles. The van der Waals surface area contributed by atoms with Gasteiger partial charge in [-0.25, -0.2) is 0 Å². The van der Waals surface area contributed by atoms with Crippen LogP contribution in [0.1, 0.15) is 30.0 Å². The number of nitrogens with zero attached hydrogens (tertiary/aromatic N) is 2. The smallest absolute Gasteiger partial charge is 0.161 e. The number of hydrogen-bond donors (Lipinski definition) is 1. The molecule has 2 heterocycles. The second kappa shape index (κ2) is 5.65. The highest BCUT2D eigenvalue weighted by Gasteiger charge is 2.32. The molecule has 5 nitrogen and oxygen atoms in total. The van der Waals surface area contributed by atoms with Crippen molar-refractivity contribution in [2.24, 2.45) is 13.0 Å². The summed E-state index contributed by atoms with van der Waals surface area (Å²) in [5, 5.41) is 7.91. The van der Waals surface area contributed by atoms with Crippen molar-refractivity contribution in [2.45, 2.75) is 25.4 Å². The normalized spacial score (nSPS) is 18.2. The summed E-state index contributed by atoms with van der Waals surface area (Å²) < 4.78 is 13.2. The Morgan fingerprint density at radius 2 is 2.09 bits per heavy atom. The van der Waals surface area contributed by atoms with Crippen LogP contribution in [0.15, 0.2) is 30.6 Å². The van der Waals surface area contributed by atoms with Gasteiger partial charge in [0.05, 0.1) is 6.20 Å². The first kappa shape index (κ1) is 13.6. The van der Waals surface area contributed by atoms with E-state index in [-0.39, 0.29) is 0 Å². The number of ether oxygens (including phenoxy) is 2. The fourth-order valence-corrected chi connectivity index (χ4v) is 3.03. The zero-order chi connectivity index (χ0) is 14.9. The largest absolute Gasteiger partial charge is 0.486 e. The molecule has 4 rings (SSSR count). The lowest BCUT2D eigenvalue weighted by atomic mass is 10.0. The summed E-state index contributed by atoms with van der Waals surface area (Å²) in [5.74, 6) is 2.45. The number of fused-ring (bicyclic) bond motifs is 1. The lowest BCUT2D eigenvalue weighted by molar-refractivity contribution is 0.171. The van der Waals surface area contributed by atoms with Crippen LogP contribution in [0.25, 0.3) is 0 Å². The van der Waals surface area contributed by atoms with Crippen molar-refractivity contribution >= 4 is 0 Å². The second-order valence-corrected chi connectivity index (χ2v) is 6.12. The predicted octanol–water partition coefficient (Wildman–Crippen LogP) is 2.43. The van der Waals surface area contributed by atoms with Gasteiger partial charge in [0.25, 0.3) is 0 Å². The lowest BCUT2D eigenvalue weighted by Crippen LogP contribution is -2.23. The van der Waals surface area contributed by atoms with E-state index in [1.54, 1.807) is 0 Å². The van der Waals surface area contributed by atoms with E-state index >= 15 is 0 Å². The monoisotopic (exact) mass is 299 g/mol. The van der Waals surface area contributed by atoms with Crippen LogP contribution < -0.4 is 14.8 Å². The highest BCUT2D eigenvalue weighted by molar-refractivity contribution is 5.45. The zero-order valence-corrected chi connectivity index (χ0v) is 12.8. The molecule has 2 aliphatic rings. The molecule has 1 N–H and O–H groups in total. The van der Waals surface area contributed by atoms with Crippen LogP contribution in [0.5, 0.6) is 11.5 Å². The van der Waals surface area contributed by atoms with Crippen molar-refractivity contribution in [2.75, 3.05) is 13.2 Å². The van der Waals surface area contributed by atoms with Gasteiger partial charge in [0.2, 0.25) is 0 Å². The maximum Gasteiger partial charge on any atom is 0.161 e. The van der Waals surface area contributed by atoms with Gasteiger partial charge in [0.15, 0.2) is 11.5 Å². The van der Waals surface area contributed by atoms with Gasteiger partial charge in [-0.05, 0) is 36.5 Å². The Balaban J connectivity index is 1.51. The molecule has 2 aromatic rings.